The average Bonchev–Trinajstić information content (AvgIpc) is 3.04. The van der Waals surface area contributed by atoms with E-state index in [1.165, 1.54) is 10.4 Å². The van der Waals surface area contributed by atoms with Gasteiger partial charge in [0.05, 0.1) is 31.2 Å². The largest absolute Gasteiger partial charge is 0.490 e. The minimum atomic E-state index is -3.68. The van der Waals surface area contributed by atoms with Crippen LogP contribution in [0.15, 0.2) is 39.6 Å². The summed E-state index contributed by atoms with van der Waals surface area (Å²) in [5, 5.41) is 0. The molecule has 1 aromatic heterocycles. The van der Waals surface area contributed by atoms with Crippen LogP contribution in [0.25, 0.3) is 0 Å². The number of nitrogens with zero attached hydrogens (tertiary/aromatic N) is 3. The van der Waals surface area contributed by atoms with Crippen LogP contribution < -0.4 is 9.47 Å². The third-order valence-corrected chi connectivity index (χ3v) is 7.47. The van der Waals surface area contributed by atoms with E-state index in [0.717, 1.165) is 17.9 Å². The number of sulfonamides is 1. The average molecular weight is 464 g/mol. The van der Waals surface area contributed by atoms with Gasteiger partial charge in [-0.1, -0.05) is 0 Å². The highest BCUT2D eigenvalue weighted by molar-refractivity contribution is 7.89. The summed E-state index contributed by atoms with van der Waals surface area (Å²) in [5.41, 5.74) is 0. The predicted octanol–water partition coefficient (Wildman–Crippen LogP) is 1.71. The molecule has 1 amide bonds. The highest BCUT2D eigenvalue weighted by Gasteiger charge is 2.31. The SMILES string of the molecule is Cc1ccc(CN(C)CC(=O)N2CCN(S(=O)(=O)c3ccc4c(c3)OCCCO4)CC2)o1. The third-order valence-electron chi connectivity index (χ3n) is 5.58. The first-order valence-corrected chi connectivity index (χ1v) is 12.2. The van der Waals surface area contributed by atoms with Gasteiger partial charge in [0.2, 0.25) is 15.9 Å². The number of ether oxygens (including phenoxy) is 2. The number of hydrogen-bond donors (Lipinski definition) is 0. The minimum Gasteiger partial charge on any atom is -0.490 e. The second-order valence-corrected chi connectivity index (χ2v) is 10.1. The molecule has 10 heteroatoms. The number of amides is 1. The Kier molecular flexibility index (Phi) is 6.73. The van der Waals surface area contributed by atoms with Gasteiger partial charge in [-0.15, -0.1) is 0 Å². The summed E-state index contributed by atoms with van der Waals surface area (Å²) in [6.45, 7) is 4.93. The molecule has 0 spiro atoms. The molecular formula is C22H29N3O6S. The Hall–Kier alpha value is -2.56. The summed E-state index contributed by atoms with van der Waals surface area (Å²) < 4.78 is 44.4. The molecule has 1 saturated heterocycles. The van der Waals surface area contributed by atoms with Gasteiger partial charge in [0.25, 0.3) is 0 Å². The van der Waals surface area contributed by atoms with Crippen LogP contribution in [0.2, 0.25) is 0 Å². The summed E-state index contributed by atoms with van der Waals surface area (Å²) in [6.07, 6.45) is 0.753. The molecule has 1 aromatic carbocycles. The molecule has 0 radical (unpaired) electrons. The fraction of sp³-hybridized carbons (Fsp3) is 0.500. The highest BCUT2D eigenvalue weighted by atomic mass is 32.2. The van der Waals surface area contributed by atoms with Gasteiger partial charge in [-0.05, 0) is 38.2 Å². The van der Waals surface area contributed by atoms with Crippen LogP contribution >= 0.6 is 0 Å². The fourth-order valence-corrected chi connectivity index (χ4v) is 5.29. The maximum absolute atomic E-state index is 13.1. The molecule has 174 valence electrons. The van der Waals surface area contributed by atoms with Crippen LogP contribution in [0.3, 0.4) is 0 Å². The summed E-state index contributed by atoms with van der Waals surface area (Å²) in [7, 11) is -1.82. The second kappa shape index (κ2) is 9.51. The van der Waals surface area contributed by atoms with Crippen molar-refractivity contribution in [3.05, 3.63) is 41.9 Å². The quantitative estimate of drug-likeness (QED) is 0.644. The van der Waals surface area contributed by atoms with Crippen LogP contribution in [0.5, 0.6) is 11.5 Å². The Bertz CT molecular complexity index is 1060. The predicted molar refractivity (Wildman–Crippen MR) is 117 cm³/mol. The van der Waals surface area contributed by atoms with Gasteiger partial charge in [0, 0.05) is 38.7 Å². The van der Waals surface area contributed by atoms with Crippen LogP contribution in [-0.2, 0) is 21.4 Å². The van der Waals surface area contributed by atoms with E-state index >= 15 is 0 Å². The second-order valence-electron chi connectivity index (χ2n) is 8.13. The minimum absolute atomic E-state index is 0.0246. The molecule has 4 rings (SSSR count). The van der Waals surface area contributed by atoms with Gasteiger partial charge >= 0.3 is 0 Å². The molecule has 0 N–H and O–H groups in total. The van der Waals surface area contributed by atoms with E-state index in [-0.39, 0.29) is 30.4 Å². The standard InChI is InChI=1S/C22H29N3O6S/c1-17-4-5-18(31-17)15-23(2)16-22(26)24-8-10-25(11-9-24)32(27,28)19-6-7-20-21(14-19)30-13-3-12-29-20/h4-7,14H,3,8-13,15-16H2,1-2H3. The van der Waals surface area contributed by atoms with Gasteiger partial charge in [-0.25, -0.2) is 8.42 Å². The molecule has 0 unspecified atom stereocenters. The number of rotatable bonds is 6. The normalized spacial score (nSPS) is 17.4. The van der Waals surface area contributed by atoms with Gasteiger partial charge in [-0.2, -0.15) is 4.31 Å². The number of hydrogen-bond acceptors (Lipinski definition) is 7. The van der Waals surface area contributed by atoms with E-state index in [1.54, 1.807) is 17.0 Å². The lowest BCUT2D eigenvalue weighted by Gasteiger charge is -2.34. The number of carbonyl (C=O) groups is 1. The van der Waals surface area contributed by atoms with Gasteiger partial charge in [-0.3, -0.25) is 9.69 Å². The highest BCUT2D eigenvalue weighted by Crippen LogP contribution is 2.33. The van der Waals surface area contributed by atoms with Crippen molar-refractivity contribution in [3.63, 3.8) is 0 Å². The Balaban J connectivity index is 1.33. The lowest BCUT2D eigenvalue weighted by Crippen LogP contribution is -2.52. The Morgan fingerprint density at radius 1 is 1.03 bits per heavy atom. The van der Waals surface area contributed by atoms with Gasteiger partial charge in [0.15, 0.2) is 11.5 Å². The molecule has 32 heavy (non-hydrogen) atoms. The number of furan rings is 1. The first kappa shape index (κ1) is 22.6. The smallest absolute Gasteiger partial charge is 0.243 e. The van der Waals surface area contributed by atoms with Gasteiger partial charge < -0.3 is 18.8 Å². The number of aryl methyl sites for hydroxylation is 1. The molecule has 0 saturated carbocycles. The molecule has 2 aliphatic rings. The number of benzene rings is 1. The number of carbonyl (C=O) groups excluding carboxylic acids is 1. The maximum Gasteiger partial charge on any atom is 0.243 e. The van der Waals surface area contributed by atoms with Crippen molar-refractivity contribution in [3.8, 4) is 11.5 Å². The van der Waals surface area contributed by atoms with E-state index < -0.39 is 10.0 Å². The Morgan fingerprint density at radius 3 is 2.44 bits per heavy atom. The van der Waals surface area contributed by atoms with Crippen molar-refractivity contribution in [2.75, 3.05) is 53.0 Å². The molecule has 0 aliphatic carbocycles. The fourth-order valence-electron chi connectivity index (χ4n) is 3.85. The lowest BCUT2D eigenvalue weighted by molar-refractivity contribution is -0.133. The van der Waals surface area contributed by atoms with Crippen LogP contribution in [0.1, 0.15) is 17.9 Å². The Morgan fingerprint density at radius 2 is 1.75 bits per heavy atom. The number of piperazine rings is 1. The molecular weight excluding hydrogens is 434 g/mol. The maximum atomic E-state index is 13.1. The van der Waals surface area contributed by atoms with Crippen LogP contribution in [0.4, 0.5) is 0 Å². The Labute approximate surface area is 188 Å². The van der Waals surface area contributed by atoms with Crippen molar-refractivity contribution >= 4 is 15.9 Å². The van der Waals surface area contributed by atoms with Crippen molar-refractivity contribution in [2.24, 2.45) is 0 Å². The molecule has 9 nitrogen and oxygen atoms in total. The molecule has 0 bridgehead atoms. The number of fused-ring (bicyclic) bond motifs is 1. The van der Waals surface area contributed by atoms with E-state index in [1.807, 2.05) is 31.0 Å². The monoisotopic (exact) mass is 463 g/mol. The number of likely N-dealkylation sites (N-methyl/N-ethyl adjacent to an activating group) is 1. The molecule has 2 aliphatic heterocycles. The van der Waals surface area contributed by atoms with E-state index in [9.17, 15) is 13.2 Å². The van der Waals surface area contributed by atoms with Crippen molar-refractivity contribution < 1.29 is 27.1 Å². The first-order valence-electron chi connectivity index (χ1n) is 10.7. The molecule has 1 fully saturated rings. The third kappa shape index (κ3) is 5.08. The van der Waals surface area contributed by atoms with E-state index in [4.69, 9.17) is 13.9 Å². The van der Waals surface area contributed by atoms with Crippen molar-refractivity contribution in [1.82, 2.24) is 14.1 Å². The zero-order valence-electron chi connectivity index (χ0n) is 18.5. The van der Waals surface area contributed by atoms with Crippen molar-refractivity contribution in [1.29, 1.82) is 0 Å². The topological polar surface area (TPSA) is 92.5 Å². The zero-order valence-corrected chi connectivity index (χ0v) is 19.3. The summed E-state index contributed by atoms with van der Waals surface area (Å²) >= 11 is 0. The molecule has 2 aromatic rings. The zero-order chi connectivity index (χ0) is 22.7. The van der Waals surface area contributed by atoms with E-state index in [2.05, 4.69) is 0 Å². The summed E-state index contributed by atoms with van der Waals surface area (Å²) in [6, 6.07) is 8.52. The van der Waals surface area contributed by atoms with Crippen molar-refractivity contribution in [2.45, 2.75) is 24.8 Å². The molecule has 0 atom stereocenters. The van der Waals surface area contributed by atoms with Crippen LogP contribution in [-0.4, -0.2) is 81.4 Å². The van der Waals surface area contributed by atoms with Crippen LogP contribution in [0, 0.1) is 6.92 Å². The van der Waals surface area contributed by atoms with Gasteiger partial charge in [0.1, 0.15) is 11.5 Å². The lowest BCUT2D eigenvalue weighted by atomic mass is 10.3. The van der Waals surface area contributed by atoms with E-state index in [0.29, 0.717) is 44.3 Å². The summed E-state index contributed by atoms with van der Waals surface area (Å²) in [4.78, 5) is 16.5. The molecule has 3 heterocycles. The summed E-state index contributed by atoms with van der Waals surface area (Å²) in [5.74, 6) is 2.63. The first-order chi connectivity index (χ1) is 15.3.